The molecule has 0 spiro atoms. The van der Waals surface area contributed by atoms with Gasteiger partial charge in [-0.3, -0.25) is 14.2 Å². The lowest BCUT2D eigenvalue weighted by Crippen LogP contribution is -2.25. The fraction of sp³-hybridized carbons (Fsp3) is 0.136. The van der Waals surface area contributed by atoms with Crippen molar-refractivity contribution >= 4 is 34.5 Å². The molecule has 0 aliphatic heterocycles. The molecule has 2 aromatic carbocycles. The molecular formula is C22H19N5O2S. The summed E-state index contributed by atoms with van der Waals surface area (Å²) in [5, 5.41) is 3.26. The molecule has 1 amide bonds. The summed E-state index contributed by atoms with van der Waals surface area (Å²) in [6.45, 7) is 2.34. The maximum absolute atomic E-state index is 13.1. The molecule has 7 nitrogen and oxygen atoms in total. The third kappa shape index (κ3) is 4.55. The number of nitrogens with zero attached hydrogens (tertiary/aromatic N) is 4. The van der Waals surface area contributed by atoms with E-state index in [9.17, 15) is 9.59 Å². The number of hydrogen-bond donors (Lipinski definition) is 1. The molecule has 0 atom stereocenters. The molecule has 0 radical (unpaired) electrons. The average Bonchev–Trinajstić information content (AvgIpc) is 2.76. The van der Waals surface area contributed by atoms with Crippen molar-refractivity contribution in [3.8, 4) is 0 Å². The van der Waals surface area contributed by atoms with E-state index in [1.807, 2.05) is 61.5 Å². The van der Waals surface area contributed by atoms with Crippen LogP contribution in [0.25, 0.3) is 11.2 Å². The molecule has 150 valence electrons. The number of aromatic nitrogens is 4. The van der Waals surface area contributed by atoms with Gasteiger partial charge >= 0.3 is 0 Å². The molecular weight excluding hydrogens is 398 g/mol. The predicted molar refractivity (Wildman–Crippen MR) is 118 cm³/mol. The molecule has 0 unspecified atom stereocenters. The maximum Gasteiger partial charge on any atom is 0.282 e. The highest BCUT2D eigenvalue weighted by molar-refractivity contribution is 7.99. The third-order valence-electron chi connectivity index (χ3n) is 4.41. The number of amides is 1. The van der Waals surface area contributed by atoms with Crippen molar-refractivity contribution in [3.63, 3.8) is 0 Å². The molecule has 0 aliphatic carbocycles. The summed E-state index contributed by atoms with van der Waals surface area (Å²) in [5.41, 5.74) is 3.03. The van der Waals surface area contributed by atoms with E-state index in [4.69, 9.17) is 0 Å². The van der Waals surface area contributed by atoms with Crippen molar-refractivity contribution in [1.29, 1.82) is 0 Å². The average molecular weight is 417 g/mol. The normalized spacial score (nSPS) is 10.8. The van der Waals surface area contributed by atoms with E-state index in [2.05, 4.69) is 20.3 Å². The van der Waals surface area contributed by atoms with Gasteiger partial charge in [0.15, 0.2) is 16.3 Å². The molecule has 0 bridgehead atoms. The Hall–Kier alpha value is -3.52. The monoisotopic (exact) mass is 417 g/mol. The molecule has 0 aliphatic rings. The van der Waals surface area contributed by atoms with Gasteiger partial charge in [-0.25, -0.2) is 15.0 Å². The Bertz CT molecular complexity index is 1240. The van der Waals surface area contributed by atoms with Gasteiger partial charge in [-0.15, -0.1) is 0 Å². The fourth-order valence-electron chi connectivity index (χ4n) is 2.90. The van der Waals surface area contributed by atoms with E-state index in [0.29, 0.717) is 11.7 Å². The Morgan fingerprint density at radius 3 is 2.53 bits per heavy atom. The first-order valence-corrected chi connectivity index (χ1v) is 10.3. The van der Waals surface area contributed by atoms with Crippen LogP contribution in [0.15, 0.2) is 76.9 Å². The van der Waals surface area contributed by atoms with Crippen molar-refractivity contribution < 1.29 is 4.79 Å². The minimum absolute atomic E-state index is 0.112. The summed E-state index contributed by atoms with van der Waals surface area (Å²) in [7, 11) is 0. The lowest BCUT2D eigenvalue weighted by atomic mass is 10.1. The SMILES string of the molecule is Cc1ccc(Cn2c(SCC(=O)Nc3ccccc3)nc3nccnc3c2=O)cc1. The van der Waals surface area contributed by atoms with Crippen LogP contribution >= 0.6 is 11.8 Å². The zero-order valence-electron chi connectivity index (χ0n) is 16.3. The summed E-state index contributed by atoms with van der Waals surface area (Å²) in [6, 6.07) is 17.2. The van der Waals surface area contributed by atoms with Gasteiger partial charge in [0.05, 0.1) is 12.3 Å². The van der Waals surface area contributed by atoms with Crippen LogP contribution in [0.4, 0.5) is 5.69 Å². The van der Waals surface area contributed by atoms with Crippen LogP contribution in [-0.2, 0) is 11.3 Å². The van der Waals surface area contributed by atoms with Crippen molar-refractivity contribution in [3.05, 3.63) is 88.5 Å². The number of fused-ring (bicyclic) bond motifs is 1. The highest BCUT2D eigenvalue weighted by Gasteiger charge is 2.15. The van der Waals surface area contributed by atoms with Crippen LogP contribution in [0.1, 0.15) is 11.1 Å². The Labute approximate surface area is 177 Å². The first-order valence-electron chi connectivity index (χ1n) is 9.35. The number of nitrogens with one attached hydrogen (secondary N) is 1. The number of benzene rings is 2. The van der Waals surface area contributed by atoms with Crippen molar-refractivity contribution in [1.82, 2.24) is 19.5 Å². The second-order valence-corrected chi connectivity index (χ2v) is 7.65. The summed E-state index contributed by atoms with van der Waals surface area (Å²) in [4.78, 5) is 38.2. The molecule has 2 aromatic heterocycles. The Kier molecular flexibility index (Phi) is 5.85. The minimum Gasteiger partial charge on any atom is -0.325 e. The number of para-hydroxylation sites is 1. The fourth-order valence-corrected chi connectivity index (χ4v) is 3.69. The largest absolute Gasteiger partial charge is 0.325 e. The number of aryl methyl sites for hydroxylation is 1. The van der Waals surface area contributed by atoms with Gasteiger partial charge in [0.25, 0.3) is 5.56 Å². The van der Waals surface area contributed by atoms with E-state index in [1.165, 1.54) is 24.2 Å². The molecule has 0 fully saturated rings. The minimum atomic E-state index is -0.278. The Morgan fingerprint density at radius 2 is 1.77 bits per heavy atom. The summed E-state index contributed by atoms with van der Waals surface area (Å²) in [5.74, 6) is -0.0670. The van der Waals surface area contributed by atoms with E-state index in [0.717, 1.165) is 16.8 Å². The molecule has 4 rings (SSSR count). The predicted octanol–water partition coefficient (Wildman–Crippen LogP) is 3.27. The molecule has 0 saturated heterocycles. The van der Waals surface area contributed by atoms with E-state index < -0.39 is 0 Å². The van der Waals surface area contributed by atoms with Gasteiger partial charge in [-0.1, -0.05) is 59.8 Å². The van der Waals surface area contributed by atoms with E-state index >= 15 is 0 Å². The third-order valence-corrected chi connectivity index (χ3v) is 5.39. The zero-order chi connectivity index (χ0) is 20.9. The number of carbonyl (C=O) groups excluding carboxylic acids is 1. The van der Waals surface area contributed by atoms with Crippen LogP contribution in [0.3, 0.4) is 0 Å². The molecule has 1 N–H and O–H groups in total. The van der Waals surface area contributed by atoms with Crippen LogP contribution < -0.4 is 10.9 Å². The Balaban J connectivity index is 1.62. The van der Waals surface area contributed by atoms with Crippen LogP contribution in [-0.4, -0.2) is 31.2 Å². The summed E-state index contributed by atoms with van der Waals surface area (Å²) < 4.78 is 1.54. The van der Waals surface area contributed by atoms with Crippen molar-refractivity contribution in [2.45, 2.75) is 18.6 Å². The number of rotatable bonds is 6. The van der Waals surface area contributed by atoms with E-state index in [1.54, 1.807) is 4.57 Å². The lowest BCUT2D eigenvalue weighted by molar-refractivity contribution is -0.113. The van der Waals surface area contributed by atoms with Gasteiger partial charge in [0, 0.05) is 18.1 Å². The standard InChI is InChI=1S/C22H19N5O2S/c1-15-7-9-16(10-8-15)13-27-21(29)19-20(24-12-11-23-19)26-22(27)30-14-18(28)25-17-5-3-2-4-6-17/h2-12H,13-14H2,1H3,(H,25,28). The highest BCUT2D eigenvalue weighted by atomic mass is 32.2. The van der Waals surface area contributed by atoms with Gasteiger partial charge in [0.1, 0.15) is 0 Å². The summed E-state index contributed by atoms with van der Waals surface area (Å²) in [6.07, 6.45) is 2.97. The van der Waals surface area contributed by atoms with Gasteiger partial charge in [-0.05, 0) is 24.6 Å². The van der Waals surface area contributed by atoms with Crippen LogP contribution in [0.5, 0.6) is 0 Å². The van der Waals surface area contributed by atoms with Crippen molar-refractivity contribution in [2.75, 3.05) is 11.1 Å². The topological polar surface area (TPSA) is 89.8 Å². The van der Waals surface area contributed by atoms with Gasteiger partial charge in [-0.2, -0.15) is 0 Å². The maximum atomic E-state index is 13.1. The molecule has 2 heterocycles. The first kappa shape index (κ1) is 19.8. The zero-order valence-corrected chi connectivity index (χ0v) is 17.1. The number of anilines is 1. The van der Waals surface area contributed by atoms with Gasteiger partial charge in [0.2, 0.25) is 5.91 Å². The number of hydrogen-bond acceptors (Lipinski definition) is 6. The Morgan fingerprint density at radius 1 is 1.03 bits per heavy atom. The first-order chi connectivity index (χ1) is 14.6. The molecule has 0 saturated carbocycles. The van der Waals surface area contributed by atoms with Crippen LogP contribution in [0, 0.1) is 6.92 Å². The molecule has 30 heavy (non-hydrogen) atoms. The van der Waals surface area contributed by atoms with Crippen LogP contribution in [0.2, 0.25) is 0 Å². The number of thioether (sulfide) groups is 1. The second-order valence-electron chi connectivity index (χ2n) is 6.70. The number of carbonyl (C=O) groups is 1. The van der Waals surface area contributed by atoms with E-state index in [-0.39, 0.29) is 28.4 Å². The van der Waals surface area contributed by atoms with Gasteiger partial charge < -0.3 is 5.32 Å². The quantitative estimate of drug-likeness (QED) is 0.383. The molecule has 8 heteroatoms. The second kappa shape index (κ2) is 8.87. The van der Waals surface area contributed by atoms with Crippen molar-refractivity contribution in [2.24, 2.45) is 0 Å². The smallest absolute Gasteiger partial charge is 0.282 e. The molecule has 4 aromatic rings. The highest BCUT2D eigenvalue weighted by Crippen LogP contribution is 2.18. The lowest BCUT2D eigenvalue weighted by Gasteiger charge is -2.13. The summed E-state index contributed by atoms with van der Waals surface area (Å²) >= 11 is 1.20.